The van der Waals surface area contributed by atoms with Gasteiger partial charge in [-0.25, -0.2) is 4.39 Å². The SMILES string of the molecule is Cc1cc(NC(=O)c2cc(N)c[nH]2)c(Cl)cc1F. The van der Waals surface area contributed by atoms with Gasteiger partial charge in [-0.2, -0.15) is 0 Å². The van der Waals surface area contributed by atoms with E-state index in [0.717, 1.165) is 6.07 Å². The van der Waals surface area contributed by atoms with Crippen LogP contribution in [0.4, 0.5) is 15.8 Å². The summed E-state index contributed by atoms with van der Waals surface area (Å²) in [5.41, 5.74) is 7.03. The summed E-state index contributed by atoms with van der Waals surface area (Å²) in [5.74, 6) is -0.804. The van der Waals surface area contributed by atoms with Gasteiger partial charge in [-0.3, -0.25) is 4.79 Å². The first kappa shape index (κ1) is 12.4. The fourth-order valence-corrected chi connectivity index (χ4v) is 1.68. The van der Waals surface area contributed by atoms with E-state index in [2.05, 4.69) is 10.3 Å². The van der Waals surface area contributed by atoms with Gasteiger partial charge in [-0.1, -0.05) is 11.6 Å². The molecule has 0 aliphatic rings. The number of aromatic nitrogens is 1. The van der Waals surface area contributed by atoms with E-state index in [4.69, 9.17) is 17.3 Å². The van der Waals surface area contributed by atoms with Crippen LogP contribution in [0.5, 0.6) is 0 Å². The molecule has 0 bridgehead atoms. The molecule has 94 valence electrons. The lowest BCUT2D eigenvalue weighted by atomic mass is 10.2. The highest BCUT2D eigenvalue weighted by Crippen LogP contribution is 2.25. The van der Waals surface area contributed by atoms with Crippen LogP contribution in [0.3, 0.4) is 0 Å². The van der Waals surface area contributed by atoms with Crippen LogP contribution in [0.1, 0.15) is 16.1 Å². The Labute approximate surface area is 108 Å². The summed E-state index contributed by atoms with van der Waals surface area (Å²) in [5, 5.41) is 2.73. The first-order valence-corrected chi connectivity index (χ1v) is 5.56. The van der Waals surface area contributed by atoms with Gasteiger partial charge in [-0.15, -0.1) is 0 Å². The van der Waals surface area contributed by atoms with E-state index >= 15 is 0 Å². The Bertz CT molecular complexity index is 609. The third-order valence-corrected chi connectivity index (χ3v) is 2.76. The second-order valence-electron chi connectivity index (χ2n) is 3.88. The van der Waals surface area contributed by atoms with E-state index in [0.29, 0.717) is 22.6 Å². The Morgan fingerprint density at radius 3 is 2.78 bits per heavy atom. The molecule has 1 aromatic carbocycles. The van der Waals surface area contributed by atoms with Gasteiger partial charge in [0.05, 0.1) is 10.7 Å². The first-order chi connectivity index (χ1) is 8.47. The van der Waals surface area contributed by atoms with Crippen LogP contribution in [0.25, 0.3) is 0 Å². The zero-order chi connectivity index (χ0) is 13.3. The molecule has 0 saturated heterocycles. The van der Waals surface area contributed by atoms with Crippen LogP contribution in [-0.2, 0) is 0 Å². The van der Waals surface area contributed by atoms with Crippen LogP contribution in [-0.4, -0.2) is 10.9 Å². The van der Waals surface area contributed by atoms with Gasteiger partial charge >= 0.3 is 0 Å². The van der Waals surface area contributed by atoms with Crippen molar-refractivity contribution in [1.29, 1.82) is 0 Å². The van der Waals surface area contributed by atoms with Crippen LogP contribution >= 0.6 is 11.6 Å². The molecule has 0 aliphatic heterocycles. The lowest BCUT2D eigenvalue weighted by Gasteiger charge is -2.08. The van der Waals surface area contributed by atoms with Crippen molar-refractivity contribution in [2.45, 2.75) is 6.92 Å². The van der Waals surface area contributed by atoms with Crippen molar-refractivity contribution in [2.24, 2.45) is 0 Å². The summed E-state index contributed by atoms with van der Waals surface area (Å²) in [7, 11) is 0. The highest BCUT2D eigenvalue weighted by atomic mass is 35.5. The number of anilines is 2. The molecule has 0 radical (unpaired) electrons. The minimum atomic E-state index is -0.415. The summed E-state index contributed by atoms with van der Waals surface area (Å²) < 4.78 is 13.2. The van der Waals surface area contributed by atoms with Gasteiger partial charge in [0.1, 0.15) is 11.5 Å². The fourth-order valence-electron chi connectivity index (χ4n) is 1.48. The lowest BCUT2D eigenvalue weighted by Crippen LogP contribution is -2.12. The Hall–Kier alpha value is -2.01. The van der Waals surface area contributed by atoms with Gasteiger partial charge in [0, 0.05) is 11.9 Å². The molecule has 2 aromatic rings. The molecule has 2 rings (SSSR count). The molecule has 1 aromatic heterocycles. The van der Waals surface area contributed by atoms with Crippen LogP contribution in [0.15, 0.2) is 24.4 Å². The summed E-state index contributed by atoms with van der Waals surface area (Å²) in [6.45, 7) is 1.59. The minimum Gasteiger partial charge on any atom is -0.397 e. The maximum atomic E-state index is 13.2. The number of carbonyl (C=O) groups is 1. The number of amides is 1. The fraction of sp³-hybridized carbons (Fsp3) is 0.0833. The number of halogens is 2. The summed E-state index contributed by atoms with van der Waals surface area (Å²) in [6.07, 6.45) is 1.51. The van der Waals surface area contributed by atoms with Crippen molar-refractivity contribution in [2.75, 3.05) is 11.1 Å². The molecule has 0 aliphatic carbocycles. The quantitative estimate of drug-likeness (QED) is 0.783. The summed E-state index contributed by atoms with van der Waals surface area (Å²) in [6, 6.07) is 4.14. The van der Waals surface area contributed by atoms with Crippen molar-refractivity contribution in [3.63, 3.8) is 0 Å². The standard InChI is InChI=1S/C12H11ClFN3O/c1-6-2-10(8(13)4-9(6)14)17-12(18)11-3-7(15)5-16-11/h2-5,16H,15H2,1H3,(H,17,18). The van der Waals surface area contributed by atoms with Gasteiger partial charge in [0.25, 0.3) is 5.91 Å². The van der Waals surface area contributed by atoms with Crippen molar-refractivity contribution in [3.05, 3.63) is 46.5 Å². The number of nitrogens with one attached hydrogen (secondary N) is 2. The molecular weight excluding hydrogens is 257 g/mol. The topological polar surface area (TPSA) is 70.9 Å². The van der Waals surface area contributed by atoms with Gasteiger partial charge in [0.2, 0.25) is 0 Å². The van der Waals surface area contributed by atoms with Gasteiger partial charge < -0.3 is 16.0 Å². The summed E-state index contributed by atoms with van der Waals surface area (Å²) >= 11 is 5.85. The number of aromatic amines is 1. The smallest absolute Gasteiger partial charge is 0.272 e. The molecule has 0 unspecified atom stereocenters. The minimum absolute atomic E-state index is 0.144. The second-order valence-corrected chi connectivity index (χ2v) is 4.29. The third-order valence-electron chi connectivity index (χ3n) is 2.45. The Balaban J connectivity index is 2.24. The molecule has 6 heteroatoms. The molecule has 1 heterocycles. The van der Waals surface area contributed by atoms with Crippen molar-refractivity contribution < 1.29 is 9.18 Å². The molecule has 18 heavy (non-hydrogen) atoms. The molecule has 4 N–H and O–H groups in total. The molecule has 0 atom stereocenters. The zero-order valence-electron chi connectivity index (χ0n) is 9.55. The van der Waals surface area contributed by atoms with E-state index in [1.165, 1.54) is 18.3 Å². The molecule has 0 spiro atoms. The van der Waals surface area contributed by atoms with Crippen molar-refractivity contribution in [3.8, 4) is 0 Å². The molecule has 0 fully saturated rings. The molecular formula is C12H11ClFN3O. The number of carbonyl (C=O) groups excluding carboxylic acids is 1. The number of aryl methyl sites for hydroxylation is 1. The summed E-state index contributed by atoms with van der Waals surface area (Å²) in [4.78, 5) is 14.5. The van der Waals surface area contributed by atoms with E-state index in [-0.39, 0.29) is 10.9 Å². The molecule has 4 nitrogen and oxygen atoms in total. The third kappa shape index (κ3) is 2.46. The van der Waals surface area contributed by atoms with E-state index in [1.54, 1.807) is 6.92 Å². The van der Waals surface area contributed by atoms with Crippen molar-refractivity contribution in [1.82, 2.24) is 4.98 Å². The van der Waals surface area contributed by atoms with E-state index in [1.807, 2.05) is 0 Å². The predicted octanol–water partition coefficient (Wildman–Crippen LogP) is 2.95. The largest absolute Gasteiger partial charge is 0.397 e. The van der Waals surface area contributed by atoms with Crippen LogP contribution in [0.2, 0.25) is 5.02 Å². The Kier molecular flexibility index (Phi) is 3.25. The number of nitrogens with two attached hydrogens (primary N) is 1. The normalized spacial score (nSPS) is 10.4. The average Bonchev–Trinajstić information content (AvgIpc) is 2.73. The van der Waals surface area contributed by atoms with Crippen molar-refractivity contribution >= 4 is 28.9 Å². The monoisotopic (exact) mass is 267 g/mol. The number of rotatable bonds is 2. The van der Waals surface area contributed by atoms with Gasteiger partial charge in [-0.05, 0) is 30.7 Å². The van der Waals surface area contributed by atoms with E-state index < -0.39 is 5.82 Å². The number of H-pyrrole nitrogens is 1. The molecule has 1 amide bonds. The zero-order valence-corrected chi connectivity index (χ0v) is 10.3. The average molecular weight is 268 g/mol. The number of nitrogen functional groups attached to an aromatic ring is 1. The number of hydrogen-bond donors (Lipinski definition) is 3. The first-order valence-electron chi connectivity index (χ1n) is 5.18. The lowest BCUT2D eigenvalue weighted by molar-refractivity contribution is 0.102. The van der Waals surface area contributed by atoms with E-state index in [9.17, 15) is 9.18 Å². The van der Waals surface area contributed by atoms with Gasteiger partial charge in [0.15, 0.2) is 0 Å². The highest BCUT2D eigenvalue weighted by Gasteiger charge is 2.12. The Morgan fingerprint density at radius 1 is 1.44 bits per heavy atom. The second kappa shape index (κ2) is 4.70. The predicted molar refractivity (Wildman–Crippen MR) is 69.3 cm³/mol. The number of benzene rings is 1. The maximum Gasteiger partial charge on any atom is 0.272 e. The van der Waals surface area contributed by atoms with Crippen LogP contribution in [0, 0.1) is 12.7 Å². The highest BCUT2D eigenvalue weighted by molar-refractivity contribution is 6.34. The maximum absolute atomic E-state index is 13.2. The molecule has 0 saturated carbocycles. The number of hydrogen-bond acceptors (Lipinski definition) is 2. The van der Waals surface area contributed by atoms with Crippen LogP contribution < -0.4 is 11.1 Å². The Morgan fingerprint density at radius 2 is 2.17 bits per heavy atom.